The van der Waals surface area contributed by atoms with Gasteiger partial charge in [0.1, 0.15) is 0 Å². The number of benzene rings is 2. The summed E-state index contributed by atoms with van der Waals surface area (Å²) in [5, 5.41) is 10.9. The quantitative estimate of drug-likeness (QED) is 0.0636. The maximum absolute atomic E-state index is 13.7. The molecule has 0 saturated heterocycles. The second-order valence-electron chi connectivity index (χ2n) is 9.46. The van der Waals surface area contributed by atoms with Crippen LogP contribution in [0.1, 0.15) is 64.5 Å². The summed E-state index contributed by atoms with van der Waals surface area (Å²) in [6, 6.07) is 11.5. The minimum atomic E-state index is -4.48. The first-order valence-electron chi connectivity index (χ1n) is 13.2. The van der Waals surface area contributed by atoms with Crippen LogP contribution in [0.4, 0.5) is 13.2 Å². The van der Waals surface area contributed by atoms with Crippen LogP contribution in [0.2, 0.25) is 0 Å². The molecule has 40 heavy (non-hydrogen) atoms. The van der Waals surface area contributed by atoms with Gasteiger partial charge in [0.2, 0.25) is 0 Å². The first kappa shape index (κ1) is 34.2. The van der Waals surface area contributed by atoms with Gasteiger partial charge in [-0.05, 0) is 25.7 Å². The standard InChI is InChI=1S/C18H10F3N2Te.C13H24O2.Ir/c1-10-6-14(24-8-10)16-13-7-11-4-2-3-5-12(11)15(18(19,20)21)17(13)23-9-22-16;1-5-10(6-2)12(14)9-13(15)11(7-3)8-4;/h2-5,7-9H,1H3;9-11,14H,5-8H2,1-4H3;/q-1;;/b;12-9-;. The SMILES string of the molecule is CCC(CC)C(=O)/C=C(\O)C(CC)CC.Cc1[c-]c(-c2ncnc3c(C(F)(F)F)c4ccccc4cc23)[te]c1.[Ir]. The van der Waals surface area contributed by atoms with Gasteiger partial charge in [-0.2, -0.15) is 0 Å². The number of aromatic nitrogens is 2. The first-order chi connectivity index (χ1) is 18.5. The number of carbonyl (C=O) groups excluding carboxylic acids is 1. The van der Waals surface area contributed by atoms with Gasteiger partial charge in [0.05, 0.1) is 5.76 Å². The van der Waals surface area contributed by atoms with E-state index in [1.54, 1.807) is 24.3 Å². The molecule has 1 N–H and O–H groups in total. The zero-order valence-corrected chi connectivity index (χ0v) is 28.0. The van der Waals surface area contributed by atoms with Crippen LogP contribution < -0.4 is 0 Å². The van der Waals surface area contributed by atoms with Crippen LogP contribution in [0.15, 0.2) is 52.6 Å². The number of halogens is 3. The van der Waals surface area contributed by atoms with Gasteiger partial charge < -0.3 is 5.11 Å². The Hall–Kier alpha value is -2.04. The number of alkyl halides is 3. The molecule has 0 atom stereocenters. The van der Waals surface area contributed by atoms with Gasteiger partial charge >= 0.3 is 146 Å². The number of ketones is 1. The molecule has 217 valence electrons. The van der Waals surface area contributed by atoms with Crippen LogP contribution >= 0.6 is 0 Å². The zero-order valence-electron chi connectivity index (χ0n) is 23.2. The fraction of sp³-hybridized carbons (Fsp3) is 0.387. The molecule has 2 heterocycles. The molecular formula is C31H34F3IrN2O2Te-. The van der Waals surface area contributed by atoms with Crippen molar-refractivity contribution >= 4 is 47.9 Å². The first-order valence-corrected chi connectivity index (χ1v) is 15.7. The van der Waals surface area contributed by atoms with Crippen LogP contribution in [-0.2, 0) is 31.1 Å². The molecule has 0 spiro atoms. The largest absolute Gasteiger partial charge is 0 e. The molecular weight excluding hydrogens is 809 g/mol. The topological polar surface area (TPSA) is 63.1 Å². The van der Waals surface area contributed by atoms with Gasteiger partial charge in [-0.1, -0.05) is 27.7 Å². The van der Waals surface area contributed by atoms with Crippen LogP contribution in [0, 0.1) is 24.8 Å². The Morgan fingerprint density at radius 3 is 2.20 bits per heavy atom. The van der Waals surface area contributed by atoms with Crippen molar-refractivity contribution in [3.05, 3.63) is 69.8 Å². The van der Waals surface area contributed by atoms with Crippen LogP contribution in [0.25, 0.3) is 30.9 Å². The van der Waals surface area contributed by atoms with Crippen molar-refractivity contribution in [1.29, 1.82) is 0 Å². The van der Waals surface area contributed by atoms with E-state index < -0.39 is 32.2 Å². The van der Waals surface area contributed by atoms with E-state index in [1.807, 2.05) is 34.6 Å². The van der Waals surface area contributed by atoms with Crippen molar-refractivity contribution in [3.63, 3.8) is 0 Å². The third-order valence-electron chi connectivity index (χ3n) is 6.90. The van der Waals surface area contributed by atoms with Crippen molar-refractivity contribution in [2.24, 2.45) is 11.8 Å². The van der Waals surface area contributed by atoms with E-state index in [2.05, 4.69) is 20.1 Å². The van der Waals surface area contributed by atoms with Crippen LogP contribution in [0.3, 0.4) is 0 Å². The van der Waals surface area contributed by atoms with E-state index in [4.69, 9.17) is 0 Å². The van der Waals surface area contributed by atoms with Gasteiger partial charge in [0.15, 0.2) is 5.78 Å². The molecule has 0 fully saturated rings. The predicted octanol–water partition coefficient (Wildman–Crippen LogP) is 8.50. The maximum atomic E-state index is 13.7. The van der Waals surface area contributed by atoms with Crippen LogP contribution in [0.5, 0.6) is 0 Å². The summed E-state index contributed by atoms with van der Waals surface area (Å²) < 4.78 is 44.2. The molecule has 4 rings (SSSR count). The number of aliphatic hydroxyl groups excluding tert-OH is 1. The molecule has 0 saturated carbocycles. The third-order valence-corrected chi connectivity index (χ3v) is 9.76. The summed E-state index contributed by atoms with van der Waals surface area (Å²) in [6.07, 6.45) is 1.64. The van der Waals surface area contributed by atoms with Crippen molar-refractivity contribution in [3.8, 4) is 9.27 Å². The van der Waals surface area contributed by atoms with Gasteiger partial charge in [0.25, 0.3) is 0 Å². The third kappa shape index (κ3) is 8.03. The Bertz CT molecular complexity index is 1460. The normalized spacial score (nSPS) is 12.0. The Balaban J connectivity index is 0.000000307. The Kier molecular flexibility index (Phi) is 13.0. The number of hydrogen-bond donors (Lipinski definition) is 1. The predicted molar refractivity (Wildman–Crippen MR) is 152 cm³/mol. The number of nitrogens with zero attached hydrogens (tertiary/aromatic N) is 2. The smallest absolute Gasteiger partial charge is 0 e. The van der Waals surface area contributed by atoms with E-state index in [0.717, 1.165) is 34.8 Å². The van der Waals surface area contributed by atoms with Gasteiger partial charge in [-0.15, -0.1) is 0 Å². The van der Waals surface area contributed by atoms with E-state index in [-0.39, 0.29) is 54.4 Å². The van der Waals surface area contributed by atoms with E-state index >= 15 is 0 Å². The molecule has 1 radical (unpaired) electrons. The summed E-state index contributed by atoms with van der Waals surface area (Å²) in [5.74, 6) is 0.547. The summed E-state index contributed by atoms with van der Waals surface area (Å²) in [7, 11) is 0. The van der Waals surface area contributed by atoms with Crippen molar-refractivity contribution in [2.75, 3.05) is 0 Å². The number of aliphatic hydroxyl groups is 1. The van der Waals surface area contributed by atoms with Gasteiger partial charge in [0, 0.05) is 38.0 Å². The van der Waals surface area contributed by atoms with E-state index in [0.29, 0.717) is 16.5 Å². The summed E-state index contributed by atoms with van der Waals surface area (Å²) in [4.78, 5) is 20.0. The second-order valence-corrected chi connectivity index (χ2v) is 12.0. The number of carbonyl (C=O) groups is 1. The molecule has 0 unspecified atom stereocenters. The minimum Gasteiger partial charge on any atom is 0 e. The summed E-state index contributed by atoms with van der Waals surface area (Å²) >= 11 is -0.618. The molecule has 0 amide bonds. The molecule has 2 aromatic carbocycles. The molecule has 0 bridgehead atoms. The van der Waals surface area contributed by atoms with Crippen molar-refractivity contribution < 1.29 is 43.2 Å². The maximum Gasteiger partial charge on any atom is 0 e. The molecule has 0 aliphatic rings. The van der Waals surface area contributed by atoms with Crippen LogP contribution in [-0.4, -0.2) is 41.3 Å². The molecule has 9 heteroatoms. The second kappa shape index (κ2) is 15.3. The number of aryl methyl sites for hydroxylation is 1. The van der Waals surface area contributed by atoms with Gasteiger partial charge in [-0.3, -0.25) is 4.79 Å². The molecule has 4 nitrogen and oxygen atoms in total. The number of fused-ring (bicyclic) bond motifs is 2. The Labute approximate surface area is 257 Å². The zero-order chi connectivity index (χ0) is 28.7. The molecule has 4 aromatic rings. The fourth-order valence-corrected chi connectivity index (χ4v) is 7.03. The van der Waals surface area contributed by atoms with E-state index in [1.165, 1.54) is 18.5 Å². The number of rotatable bonds is 8. The van der Waals surface area contributed by atoms with Gasteiger partial charge in [-0.25, -0.2) is 0 Å². The average molecular weight is 843 g/mol. The molecule has 2 aromatic heterocycles. The molecule has 0 aliphatic carbocycles. The number of hydrogen-bond acceptors (Lipinski definition) is 4. The fourth-order valence-electron chi connectivity index (χ4n) is 4.61. The Morgan fingerprint density at radius 1 is 1.02 bits per heavy atom. The number of allylic oxidation sites excluding steroid dienone is 2. The summed E-state index contributed by atoms with van der Waals surface area (Å²) in [5.41, 5.74) is 0.864. The average Bonchev–Trinajstić information content (AvgIpc) is 3.34. The Morgan fingerprint density at radius 2 is 1.65 bits per heavy atom. The summed E-state index contributed by atoms with van der Waals surface area (Å²) in [6.45, 7) is 10.0. The molecule has 0 aliphatic heterocycles. The van der Waals surface area contributed by atoms with Crippen molar-refractivity contribution in [1.82, 2.24) is 9.97 Å². The van der Waals surface area contributed by atoms with E-state index in [9.17, 15) is 23.1 Å². The minimum absolute atomic E-state index is 0. The van der Waals surface area contributed by atoms with Crippen molar-refractivity contribution in [2.45, 2.75) is 66.5 Å². The monoisotopic (exact) mass is 846 g/mol.